The summed E-state index contributed by atoms with van der Waals surface area (Å²) in [7, 11) is 1.51. The van der Waals surface area contributed by atoms with E-state index in [9.17, 15) is 4.79 Å². The van der Waals surface area contributed by atoms with Gasteiger partial charge in [-0.05, 0) is 40.6 Å². The van der Waals surface area contributed by atoms with Crippen molar-refractivity contribution in [3.8, 4) is 0 Å². The van der Waals surface area contributed by atoms with Crippen LogP contribution in [0, 0.1) is 9.49 Å². The van der Waals surface area contributed by atoms with Crippen LogP contribution in [0.2, 0.25) is 0 Å². The minimum atomic E-state index is -1.23. The molecule has 112 valence electrons. The summed E-state index contributed by atoms with van der Waals surface area (Å²) in [4.78, 5) is 11.3. The zero-order chi connectivity index (χ0) is 15.2. The van der Waals surface area contributed by atoms with Crippen LogP contribution in [0.1, 0.15) is 25.8 Å². The van der Waals surface area contributed by atoms with Crippen molar-refractivity contribution in [2.75, 3.05) is 13.9 Å². The lowest BCUT2D eigenvalue weighted by Gasteiger charge is -2.34. The highest BCUT2D eigenvalue weighted by Gasteiger charge is 2.38. The first-order valence-electron chi connectivity index (χ1n) is 6.27. The number of hydrogen-bond donors (Lipinski definition) is 1. The molecule has 6 heteroatoms. The maximum absolute atomic E-state index is 11.3. The normalized spacial score (nSPS) is 14.1. The van der Waals surface area contributed by atoms with Gasteiger partial charge in [-0.3, -0.25) is 0 Å². The van der Waals surface area contributed by atoms with Gasteiger partial charge in [-0.1, -0.05) is 26.0 Å². The van der Waals surface area contributed by atoms with Crippen LogP contribution < -0.4 is 5.73 Å². The van der Waals surface area contributed by atoms with Gasteiger partial charge in [0.05, 0.1) is 0 Å². The molecule has 1 aromatic rings. The minimum Gasteiger partial charge on any atom is -0.412 e. The van der Waals surface area contributed by atoms with Crippen LogP contribution in [0.4, 0.5) is 4.79 Å². The molecular formula is C14H20INO4. The number of rotatable bonds is 7. The summed E-state index contributed by atoms with van der Waals surface area (Å²) in [6, 6.07) is 7.59. The molecule has 0 aliphatic carbocycles. The molecule has 0 aliphatic rings. The first-order chi connectivity index (χ1) is 9.39. The molecule has 0 aliphatic heterocycles. The van der Waals surface area contributed by atoms with E-state index in [-0.39, 0.29) is 12.7 Å². The second kappa shape index (κ2) is 7.80. The van der Waals surface area contributed by atoms with Gasteiger partial charge >= 0.3 is 6.09 Å². The van der Waals surface area contributed by atoms with Crippen molar-refractivity contribution >= 4 is 28.7 Å². The highest BCUT2D eigenvalue weighted by atomic mass is 127. The number of carbonyl (C=O) groups excluding carboxylic acids is 1. The zero-order valence-corrected chi connectivity index (χ0v) is 14.0. The van der Waals surface area contributed by atoms with Gasteiger partial charge < -0.3 is 19.9 Å². The van der Waals surface area contributed by atoms with Gasteiger partial charge in [-0.2, -0.15) is 0 Å². The molecular weight excluding hydrogens is 373 g/mol. The number of halogens is 1. The first-order valence-corrected chi connectivity index (χ1v) is 7.35. The van der Waals surface area contributed by atoms with Gasteiger partial charge in [0.15, 0.2) is 6.79 Å². The number of ether oxygens (including phenoxy) is 3. The smallest absolute Gasteiger partial charge is 0.407 e. The molecule has 2 N–H and O–H groups in total. The second-order valence-electron chi connectivity index (χ2n) is 4.83. The fourth-order valence-electron chi connectivity index (χ4n) is 1.97. The van der Waals surface area contributed by atoms with Crippen molar-refractivity contribution in [3.63, 3.8) is 0 Å². The molecule has 0 bridgehead atoms. The molecule has 20 heavy (non-hydrogen) atoms. The van der Waals surface area contributed by atoms with Crippen LogP contribution in [0.25, 0.3) is 0 Å². The van der Waals surface area contributed by atoms with E-state index in [1.54, 1.807) is 0 Å². The zero-order valence-electron chi connectivity index (χ0n) is 11.9. The highest BCUT2D eigenvalue weighted by Crippen LogP contribution is 2.35. The van der Waals surface area contributed by atoms with Crippen molar-refractivity contribution in [2.24, 2.45) is 11.7 Å². The van der Waals surface area contributed by atoms with Crippen LogP contribution >= 0.6 is 22.6 Å². The molecule has 0 aromatic heterocycles. The quantitative estimate of drug-likeness (QED) is 0.571. The maximum atomic E-state index is 11.3. The summed E-state index contributed by atoms with van der Waals surface area (Å²) in [6.07, 6.45) is -0.389. The molecule has 0 spiro atoms. The van der Waals surface area contributed by atoms with Gasteiger partial charge in [0.1, 0.15) is 0 Å². The Morgan fingerprint density at radius 2 is 2.15 bits per heavy atom. The molecule has 1 atom stereocenters. The number of carbonyl (C=O) groups is 1. The fraction of sp³-hybridized carbons (Fsp3) is 0.500. The van der Waals surface area contributed by atoms with Gasteiger partial charge in [0.25, 0.3) is 0 Å². The molecule has 0 saturated carbocycles. The maximum Gasteiger partial charge on any atom is 0.407 e. The molecule has 0 unspecified atom stereocenters. The van der Waals surface area contributed by atoms with Crippen molar-refractivity contribution in [1.29, 1.82) is 0 Å². The Morgan fingerprint density at radius 1 is 1.45 bits per heavy atom. The minimum absolute atomic E-state index is 0.00543. The molecule has 0 fully saturated rings. The second-order valence-corrected chi connectivity index (χ2v) is 6.08. The summed E-state index contributed by atoms with van der Waals surface area (Å²) in [6.45, 7) is 4.04. The number of nitrogens with two attached hydrogens (primary N) is 1. The van der Waals surface area contributed by atoms with Gasteiger partial charge in [0.2, 0.25) is 5.79 Å². The van der Waals surface area contributed by atoms with Crippen LogP contribution in [-0.2, 0) is 20.0 Å². The van der Waals surface area contributed by atoms with Crippen LogP contribution in [0.15, 0.2) is 24.3 Å². The Labute approximate surface area is 132 Å². The topological polar surface area (TPSA) is 70.8 Å². The number of primary amides is 1. The van der Waals surface area contributed by atoms with Gasteiger partial charge in [-0.15, -0.1) is 0 Å². The number of amides is 1. The van der Waals surface area contributed by atoms with E-state index in [1.807, 2.05) is 38.1 Å². The van der Waals surface area contributed by atoms with Crippen molar-refractivity contribution < 1.29 is 19.0 Å². The van der Waals surface area contributed by atoms with Crippen molar-refractivity contribution in [1.82, 2.24) is 0 Å². The largest absolute Gasteiger partial charge is 0.412 e. The standard InChI is InChI=1S/C14H20INO4/c1-10(2)8-14(19-9-18-3,20-13(16)17)11-5-4-6-12(15)7-11/h4-7,10H,8-9H2,1-3H3,(H2,16,17)/t14-/m0/s1. The third-order valence-electron chi connectivity index (χ3n) is 2.62. The van der Waals surface area contributed by atoms with E-state index in [0.717, 1.165) is 9.13 Å². The number of methoxy groups -OCH3 is 1. The third kappa shape index (κ3) is 4.92. The Bertz CT molecular complexity index is 453. The summed E-state index contributed by atoms with van der Waals surface area (Å²) < 4.78 is 17.0. The Balaban J connectivity index is 3.22. The molecule has 5 nitrogen and oxygen atoms in total. The van der Waals surface area contributed by atoms with Crippen molar-refractivity contribution in [2.45, 2.75) is 26.1 Å². The molecule has 0 heterocycles. The number of benzene rings is 1. The summed E-state index contributed by atoms with van der Waals surface area (Å²) in [5, 5.41) is 0. The van der Waals surface area contributed by atoms with E-state index in [4.69, 9.17) is 19.9 Å². The monoisotopic (exact) mass is 393 g/mol. The third-order valence-corrected chi connectivity index (χ3v) is 3.29. The Hall–Kier alpha value is -0.860. The van der Waals surface area contributed by atoms with Gasteiger partial charge in [-0.25, -0.2) is 4.79 Å². The molecule has 1 rings (SSSR count). The Morgan fingerprint density at radius 3 is 2.65 bits per heavy atom. The SMILES string of the molecule is COCO[C@@](CC(C)C)(OC(N)=O)c1cccc(I)c1. The van der Waals surface area contributed by atoms with Crippen LogP contribution in [0.3, 0.4) is 0 Å². The predicted molar refractivity (Wildman–Crippen MR) is 83.9 cm³/mol. The lowest BCUT2D eigenvalue weighted by molar-refractivity contribution is -0.255. The molecule has 0 radical (unpaired) electrons. The van der Waals surface area contributed by atoms with E-state index in [0.29, 0.717) is 6.42 Å². The Kier molecular flexibility index (Phi) is 6.70. The number of hydrogen-bond acceptors (Lipinski definition) is 4. The summed E-state index contributed by atoms with van der Waals surface area (Å²) in [5.74, 6) is -0.985. The van der Waals surface area contributed by atoms with E-state index >= 15 is 0 Å². The summed E-state index contributed by atoms with van der Waals surface area (Å²) in [5.41, 5.74) is 5.96. The van der Waals surface area contributed by atoms with E-state index in [2.05, 4.69) is 22.6 Å². The van der Waals surface area contributed by atoms with Crippen LogP contribution in [-0.4, -0.2) is 20.0 Å². The predicted octanol–water partition coefficient (Wildman–Crippen LogP) is 3.21. The highest BCUT2D eigenvalue weighted by molar-refractivity contribution is 14.1. The average Bonchev–Trinajstić information content (AvgIpc) is 2.34. The van der Waals surface area contributed by atoms with Crippen molar-refractivity contribution in [3.05, 3.63) is 33.4 Å². The lowest BCUT2D eigenvalue weighted by atomic mass is 9.95. The van der Waals surface area contributed by atoms with E-state index < -0.39 is 11.9 Å². The molecule has 1 aromatic carbocycles. The average molecular weight is 393 g/mol. The lowest BCUT2D eigenvalue weighted by Crippen LogP contribution is -2.39. The van der Waals surface area contributed by atoms with E-state index in [1.165, 1.54) is 7.11 Å². The fourth-order valence-corrected chi connectivity index (χ4v) is 2.51. The summed E-state index contributed by atoms with van der Waals surface area (Å²) >= 11 is 2.19. The van der Waals surface area contributed by atoms with Gasteiger partial charge in [0, 0.05) is 22.7 Å². The molecule has 0 saturated heterocycles. The first kappa shape index (κ1) is 17.2. The molecule has 1 amide bonds. The van der Waals surface area contributed by atoms with Crippen LogP contribution in [0.5, 0.6) is 0 Å².